The van der Waals surface area contributed by atoms with Crippen LogP contribution in [-0.2, 0) is 17.8 Å². The van der Waals surface area contributed by atoms with E-state index < -0.39 is 12.1 Å². The van der Waals surface area contributed by atoms with Gasteiger partial charge in [-0.1, -0.05) is 42.5 Å². The van der Waals surface area contributed by atoms with Crippen molar-refractivity contribution in [2.24, 2.45) is 0 Å². The maximum atomic E-state index is 10.9. The molecule has 0 radical (unpaired) electrons. The summed E-state index contributed by atoms with van der Waals surface area (Å²) in [5.74, 6) is -0.260. The van der Waals surface area contributed by atoms with E-state index in [-0.39, 0.29) is 13.0 Å². The smallest absolute Gasteiger partial charge is 0.307 e. The molecule has 1 atom stereocenters. The van der Waals surface area contributed by atoms with Gasteiger partial charge < -0.3 is 14.9 Å². The number of hydrogen-bond donors (Lipinski definition) is 2. The fraction of sp³-hybridized carbons (Fsp3) is 0.235. The number of ether oxygens (including phenoxy) is 1. The van der Waals surface area contributed by atoms with Gasteiger partial charge in [0.1, 0.15) is 12.4 Å². The molecule has 0 fully saturated rings. The lowest BCUT2D eigenvalue weighted by Gasteiger charge is -2.14. The van der Waals surface area contributed by atoms with Gasteiger partial charge >= 0.3 is 5.97 Å². The summed E-state index contributed by atoms with van der Waals surface area (Å²) in [6, 6.07) is 14.6. The van der Waals surface area contributed by atoms with Crippen LogP contribution in [0.3, 0.4) is 0 Å². The van der Waals surface area contributed by atoms with Gasteiger partial charge in [0.25, 0.3) is 0 Å². The largest absolute Gasteiger partial charge is 0.489 e. The Morgan fingerprint density at radius 1 is 1.10 bits per heavy atom. The molecule has 0 bridgehead atoms. The van der Waals surface area contributed by atoms with E-state index in [1.165, 1.54) is 0 Å². The van der Waals surface area contributed by atoms with Crippen molar-refractivity contribution in [2.75, 3.05) is 0 Å². The summed E-state index contributed by atoms with van der Waals surface area (Å²) in [4.78, 5) is 10.9. The van der Waals surface area contributed by atoms with Crippen LogP contribution in [0.25, 0.3) is 0 Å². The van der Waals surface area contributed by atoms with Gasteiger partial charge in [-0.25, -0.2) is 0 Å². The van der Waals surface area contributed by atoms with Crippen LogP contribution in [-0.4, -0.2) is 16.2 Å². The first-order valence-electron chi connectivity index (χ1n) is 6.76. The molecule has 0 spiro atoms. The second-order valence-electron chi connectivity index (χ2n) is 4.84. The number of aliphatic carboxylic acids is 1. The standard InChI is InChI=1S/C17H18O4/c1-12(18)15-8-4-5-9-16(15)21-11-14-7-3-2-6-13(14)10-17(19)20/h2-9,12,18H,10-11H2,1H3,(H,19,20). The molecule has 110 valence electrons. The molecule has 0 saturated carbocycles. The van der Waals surface area contributed by atoms with Crippen LogP contribution in [0.1, 0.15) is 29.7 Å². The summed E-state index contributed by atoms with van der Waals surface area (Å²) < 4.78 is 5.75. The molecule has 0 saturated heterocycles. The zero-order valence-corrected chi connectivity index (χ0v) is 11.8. The van der Waals surface area contributed by atoms with Gasteiger partial charge in [-0.05, 0) is 24.1 Å². The lowest BCUT2D eigenvalue weighted by Crippen LogP contribution is -2.07. The Kier molecular flexibility index (Phi) is 4.95. The molecule has 2 aromatic carbocycles. The first kappa shape index (κ1) is 15.1. The lowest BCUT2D eigenvalue weighted by molar-refractivity contribution is -0.136. The molecule has 2 N–H and O–H groups in total. The van der Waals surface area contributed by atoms with Crippen LogP contribution in [0.5, 0.6) is 5.75 Å². The number of carboxylic acids is 1. The molecule has 0 aliphatic carbocycles. The molecule has 0 aromatic heterocycles. The summed E-state index contributed by atoms with van der Waals surface area (Å²) in [6.45, 7) is 1.95. The van der Waals surface area contributed by atoms with Crippen LogP contribution in [0.2, 0.25) is 0 Å². The fourth-order valence-electron chi connectivity index (χ4n) is 2.15. The van der Waals surface area contributed by atoms with E-state index in [2.05, 4.69) is 0 Å². The molecule has 4 heteroatoms. The Balaban J connectivity index is 2.15. The fourth-order valence-corrected chi connectivity index (χ4v) is 2.15. The zero-order chi connectivity index (χ0) is 15.2. The number of hydrogen-bond acceptors (Lipinski definition) is 3. The van der Waals surface area contributed by atoms with E-state index in [1.807, 2.05) is 36.4 Å². The van der Waals surface area contributed by atoms with E-state index >= 15 is 0 Å². The summed E-state index contributed by atoms with van der Waals surface area (Å²) in [6.07, 6.45) is -0.645. The van der Waals surface area contributed by atoms with Gasteiger partial charge in [-0.15, -0.1) is 0 Å². The number of aliphatic hydroxyl groups excluding tert-OH is 1. The molecule has 21 heavy (non-hydrogen) atoms. The van der Waals surface area contributed by atoms with E-state index in [1.54, 1.807) is 19.1 Å². The van der Waals surface area contributed by atoms with Crippen LogP contribution in [0.15, 0.2) is 48.5 Å². The summed E-state index contributed by atoms with van der Waals surface area (Å²) in [5.41, 5.74) is 2.29. The first-order valence-corrected chi connectivity index (χ1v) is 6.76. The Morgan fingerprint density at radius 2 is 1.71 bits per heavy atom. The SMILES string of the molecule is CC(O)c1ccccc1OCc1ccccc1CC(=O)O. The van der Waals surface area contributed by atoms with Crippen molar-refractivity contribution in [1.82, 2.24) is 0 Å². The molecule has 1 unspecified atom stereocenters. The Labute approximate surface area is 123 Å². The number of aliphatic hydroxyl groups is 1. The highest BCUT2D eigenvalue weighted by Crippen LogP contribution is 2.25. The monoisotopic (exact) mass is 286 g/mol. The molecule has 2 aromatic rings. The average molecular weight is 286 g/mol. The molecule has 4 nitrogen and oxygen atoms in total. The van der Waals surface area contributed by atoms with Crippen molar-refractivity contribution in [3.8, 4) is 5.75 Å². The normalized spacial score (nSPS) is 11.9. The highest BCUT2D eigenvalue weighted by molar-refractivity contribution is 5.70. The van der Waals surface area contributed by atoms with E-state index in [0.29, 0.717) is 11.3 Å². The van der Waals surface area contributed by atoms with Gasteiger partial charge in [0.15, 0.2) is 0 Å². The predicted molar refractivity (Wildman–Crippen MR) is 79.2 cm³/mol. The first-order chi connectivity index (χ1) is 10.1. The Bertz CT molecular complexity index is 620. The third kappa shape index (κ3) is 4.07. The third-order valence-electron chi connectivity index (χ3n) is 3.21. The second kappa shape index (κ2) is 6.90. The van der Waals surface area contributed by atoms with Gasteiger partial charge in [-0.2, -0.15) is 0 Å². The Morgan fingerprint density at radius 3 is 2.38 bits per heavy atom. The van der Waals surface area contributed by atoms with Crippen molar-refractivity contribution in [3.05, 3.63) is 65.2 Å². The quantitative estimate of drug-likeness (QED) is 0.856. The number of carbonyl (C=O) groups is 1. The van der Waals surface area contributed by atoms with Crippen molar-refractivity contribution < 1.29 is 19.7 Å². The topological polar surface area (TPSA) is 66.8 Å². The van der Waals surface area contributed by atoms with Crippen LogP contribution >= 0.6 is 0 Å². The maximum Gasteiger partial charge on any atom is 0.307 e. The molecule has 0 aliphatic rings. The number of benzene rings is 2. The average Bonchev–Trinajstić information content (AvgIpc) is 2.46. The van der Waals surface area contributed by atoms with Crippen molar-refractivity contribution in [2.45, 2.75) is 26.1 Å². The number of carboxylic acid groups (broad SMARTS) is 1. The second-order valence-corrected chi connectivity index (χ2v) is 4.84. The molecule has 0 heterocycles. The van der Waals surface area contributed by atoms with Gasteiger partial charge in [0.05, 0.1) is 12.5 Å². The molecular formula is C17H18O4. The van der Waals surface area contributed by atoms with Crippen molar-refractivity contribution in [1.29, 1.82) is 0 Å². The minimum Gasteiger partial charge on any atom is -0.489 e. The maximum absolute atomic E-state index is 10.9. The van der Waals surface area contributed by atoms with Gasteiger partial charge in [0.2, 0.25) is 0 Å². The van der Waals surface area contributed by atoms with Crippen LogP contribution in [0, 0.1) is 0 Å². The summed E-state index contributed by atoms with van der Waals surface area (Å²) >= 11 is 0. The van der Waals surface area contributed by atoms with Gasteiger partial charge in [-0.3, -0.25) is 4.79 Å². The molecular weight excluding hydrogens is 268 g/mol. The summed E-state index contributed by atoms with van der Waals surface area (Å²) in [7, 11) is 0. The minimum absolute atomic E-state index is 0.0302. The minimum atomic E-state index is -0.869. The molecule has 2 rings (SSSR count). The summed E-state index contributed by atoms with van der Waals surface area (Å²) in [5, 5.41) is 18.6. The molecule has 0 aliphatic heterocycles. The van der Waals surface area contributed by atoms with E-state index in [9.17, 15) is 9.90 Å². The predicted octanol–water partition coefficient (Wildman–Crippen LogP) is 2.95. The highest BCUT2D eigenvalue weighted by Gasteiger charge is 2.10. The van der Waals surface area contributed by atoms with Crippen LogP contribution in [0.4, 0.5) is 0 Å². The number of para-hydroxylation sites is 1. The third-order valence-corrected chi connectivity index (χ3v) is 3.21. The zero-order valence-electron chi connectivity index (χ0n) is 11.8. The van der Waals surface area contributed by atoms with Gasteiger partial charge in [0, 0.05) is 5.56 Å². The van der Waals surface area contributed by atoms with E-state index in [0.717, 1.165) is 11.1 Å². The lowest BCUT2D eigenvalue weighted by atomic mass is 10.1. The molecule has 0 amide bonds. The number of rotatable bonds is 6. The van der Waals surface area contributed by atoms with Crippen molar-refractivity contribution >= 4 is 5.97 Å². The Hall–Kier alpha value is -2.33. The van der Waals surface area contributed by atoms with Crippen LogP contribution < -0.4 is 4.74 Å². The van der Waals surface area contributed by atoms with E-state index in [4.69, 9.17) is 9.84 Å². The highest BCUT2D eigenvalue weighted by atomic mass is 16.5. The van der Waals surface area contributed by atoms with Crippen molar-refractivity contribution in [3.63, 3.8) is 0 Å².